The van der Waals surface area contributed by atoms with E-state index in [1.165, 1.54) is 12.1 Å². The smallest absolute Gasteiger partial charge is 0.434 e. The van der Waals surface area contributed by atoms with Gasteiger partial charge in [0.05, 0.1) is 13.1 Å². The van der Waals surface area contributed by atoms with Crippen LogP contribution in [0.1, 0.15) is 23.2 Å². The Kier molecular flexibility index (Phi) is 7.71. The summed E-state index contributed by atoms with van der Waals surface area (Å²) in [5.74, 6) is 0.397. The highest BCUT2D eigenvalue weighted by Gasteiger charge is 2.33. The molecule has 160 valence electrons. The van der Waals surface area contributed by atoms with Gasteiger partial charge >= 0.3 is 12.4 Å². The van der Waals surface area contributed by atoms with Gasteiger partial charge in [-0.1, -0.05) is 12.1 Å². The minimum Gasteiger partial charge on any atom is -0.484 e. The summed E-state index contributed by atoms with van der Waals surface area (Å²) >= 11 is 0.876. The molecule has 0 radical (unpaired) electrons. The van der Waals surface area contributed by atoms with Crippen molar-refractivity contribution in [1.29, 1.82) is 0 Å². The molecule has 0 atom stereocenters. The first-order valence-electron chi connectivity index (χ1n) is 8.39. The van der Waals surface area contributed by atoms with Crippen LogP contribution in [0.2, 0.25) is 0 Å². The summed E-state index contributed by atoms with van der Waals surface area (Å²) in [7, 11) is 0. The molecule has 5 nitrogen and oxygen atoms in total. The largest absolute Gasteiger partial charge is 0.484 e. The molecule has 0 aliphatic rings. The maximum absolute atomic E-state index is 12.6. The number of hydrogen-bond donors (Lipinski definition) is 2. The van der Waals surface area contributed by atoms with Gasteiger partial charge in [0.2, 0.25) is 0 Å². The SMILES string of the molecule is CCNC(=NCc1cccc(OCC(F)(F)F)c1)NCc1nc(C(F)(F)F)cs1. The molecule has 1 heterocycles. The molecular formula is C17H18F6N4OS. The van der Waals surface area contributed by atoms with Crippen LogP contribution in [0.4, 0.5) is 26.3 Å². The molecule has 2 aromatic rings. The van der Waals surface area contributed by atoms with Gasteiger partial charge in [-0.05, 0) is 24.6 Å². The quantitative estimate of drug-likeness (QED) is 0.382. The van der Waals surface area contributed by atoms with Crippen molar-refractivity contribution < 1.29 is 31.1 Å². The summed E-state index contributed by atoms with van der Waals surface area (Å²) in [5.41, 5.74) is -0.340. The Morgan fingerprint density at radius 2 is 1.93 bits per heavy atom. The zero-order chi connectivity index (χ0) is 21.5. The van der Waals surface area contributed by atoms with E-state index in [0.717, 1.165) is 16.7 Å². The minimum absolute atomic E-state index is 0.0430. The lowest BCUT2D eigenvalue weighted by atomic mass is 10.2. The summed E-state index contributed by atoms with van der Waals surface area (Å²) in [6.07, 6.45) is -8.93. The fourth-order valence-corrected chi connectivity index (χ4v) is 2.83. The Morgan fingerprint density at radius 1 is 1.17 bits per heavy atom. The van der Waals surface area contributed by atoms with Gasteiger partial charge in [0.1, 0.15) is 10.8 Å². The number of guanidine groups is 1. The summed E-state index contributed by atoms with van der Waals surface area (Å²) in [6.45, 7) is 1.10. The molecule has 29 heavy (non-hydrogen) atoms. The molecule has 0 unspecified atom stereocenters. The molecule has 0 aliphatic carbocycles. The molecular weight excluding hydrogens is 422 g/mol. The molecule has 2 rings (SSSR count). The Morgan fingerprint density at radius 3 is 2.55 bits per heavy atom. The topological polar surface area (TPSA) is 58.5 Å². The van der Waals surface area contributed by atoms with Crippen molar-refractivity contribution in [1.82, 2.24) is 15.6 Å². The van der Waals surface area contributed by atoms with Crippen LogP contribution < -0.4 is 15.4 Å². The molecule has 0 aliphatic heterocycles. The zero-order valence-corrected chi connectivity index (χ0v) is 16.0. The number of alkyl halides is 6. The predicted molar refractivity (Wildman–Crippen MR) is 96.8 cm³/mol. The first-order valence-corrected chi connectivity index (χ1v) is 9.27. The monoisotopic (exact) mass is 440 g/mol. The van der Waals surface area contributed by atoms with Gasteiger partial charge in [-0.15, -0.1) is 11.3 Å². The van der Waals surface area contributed by atoms with E-state index < -0.39 is 24.7 Å². The van der Waals surface area contributed by atoms with Crippen molar-refractivity contribution in [2.45, 2.75) is 32.4 Å². The van der Waals surface area contributed by atoms with Crippen LogP contribution in [-0.2, 0) is 19.3 Å². The van der Waals surface area contributed by atoms with E-state index in [0.29, 0.717) is 18.1 Å². The lowest BCUT2D eigenvalue weighted by Crippen LogP contribution is -2.36. The average molecular weight is 440 g/mol. The highest BCUT2D eigenvalue weighted by Crippen LogP contribution is 2.29. The second kappa shape index (κ2) is 9.81. The second-order valence-electron chi connectivity index (χ2n) is 5.72. The Bertz CT molecular complexity index is 819. The highest BCUT2D eigenvalue weighted by molar-refractivity contribution is 7.09. The number of aromatic nitrogens is 1. The van der Waals surface area contributed by atoms with Crippen molar-refractivity contribution in [2.24, 2.45) is 4.99 Å². The molecule has 1 aromatic carbocycles. The molecule has 12 heteroatoms. The third-order valence-corrected chi connectivity index (χ3v) is 4.16. The van der Waals surface area contributed by atoms with E-state index in [1.54, 1.807) is 12.1 Å². The van der Waals surface area contributed by atoms with Gasteiger partial charge in [-0.2, -0.15) is 26.3 Å². The number of rotatable bonds is 7. The van der Waals surface area contributed by atoms with Gasteiger partial charge in [-0.3, -0.25) is 0 Å². The van der Waals surface area contributed by atoms with Gasteiger partial charge in [-0.25, -0.2) is 9.98 Å². The summed E-state index contributed by atoms with van der Waals surface area (Å²) in [4.78, 5) is 7.80. The van der Waals surface area contributed by atoms with Crippen LogP contribution in [0.15, 0.2) is 34.6 Å². The summed E-state index contributed by atoms with van der Waals surface area (Å²) < 4.78 is 79.2. The van der Waals surface area contributed by atoms with Crippen LogP contribution in [0.3, 0.4) is 0 Å². The van der Waals surface area contributed by atoms with E-state index in [9.17, 15) is 26.3 Å². The first-order chi connectivity index (χ1) is 13.6. The number of halogens is 6. The van der Waals surface area contributed by atoms with E-state index in [4.69, 9.17) is 4.74 Å². The van der Waals surface area contributed by atoms with Crippen molar-refractivity contribution in [3.63, 3.8) is 0 Å². The van der Waals surface area contributed by atoms with Crippen LogP contribution in [0.25, 0.3) is 0 Å². The van der Waals surface area contributed by atoms with Gasteiger partial charge in [0, 0.05) is 11.9 Å². The number of nitrogens with zero attached hydrogens (tertiary/aromatic N) is 2. The van der Waals surface area contributed by atoms with Crippen molar-refractivity contribution in [2.75, 3.05) is 13.2 Å². The lowest BCUT2D eigenvalue weighted by Gasteiger charge is -2.11. The summed E-state index contributed by atoms with van der Waals surface area (Å²) in [5, 5.41) is 6.98. The number of aliphatic imine (C=N–C) groups is 1. The molecule has 0 saturated heterocycles. The van der Waals surface area contributed by atoms with Gasteiger partial charge < -0.3 is 15.4 Å². The Hall–Kier alpha value is -2.50. The number of nitrogens with one attached hydrogen (secondary N) is 2. The van der Waals surface area contributed by atoms with E-state index >= 15 is 0 Å². The van der Waals surface area contributed by atoms with E-state index in [1.807, 2.05) is 6.92 Å². The molecule has 2 N–H and O–H groups in total. The van der Waals surface area contributed by atoms with E-state index in [2.05, 4.69) is 20.6 Å². The highest BCUT2D eigenvalue weighted by atomic mass is 32.1. The number of thiazole rings is 1. The number of hydrogen-bond acceptors (Lipinski definition) is 4. The van der Waals surface area contributed by atoms with E-state index in [-0.39, 0.29) is 23.8 Å². The fraction of sp³-hybridized carbons (Fsp3) is 0.412. The third kappa shape index (κ3) is 8.18. The molecule has 0 bridgehead atoms. The molecule has 1 aromatic heterocycles. The number of benzene rings is 1. The van der Waals surface area contributed by atoms with Gasteiger partial charge in [0.25, 0.3) is 0 Å². The fourth-order valence-electron chi connectivity index (χ4n) is 2.09. The van der Waals surface area contributed by atoms with Crippen molar-refractivity contribution in [3.05, 3.63) is 45.9 Å². The Balaban J connectivity index is 1.97. The summed E-state index contributed by atoms with van der Waals surface area (Å²) in [6, 6.07) is 6.06. The van der Waals surface area contributed by atoms with Crippen LogP contribution >= 0.6 is 11.3 Å². The van der Waals surface area contributed by atoms with Crippen molar-refractivity contribution >= 4 is 17.3 Å². The van der Waals surface area contributed by atoms with Crippen LogP contribution in [0, 0.1) is 0 Å². The average Bonchev–Trinajstić information content (AvgIpc) is 3.12. The Labute approximate surface area is 166 Å². The minimum atomic E-state index is -4.49. The first kappa shape index (κ1) is 22.8. The zero-order valence-electron chi connectivity index (χ0n) is 15.2. The van der Waals surface area contributed by atoms with Gasteiger partial charge in [0.15, 0.2) is 18.3 Å². The van der Waals surface area contributed by atoms with Crippen molar-refractivity contribution in [3.8, 4) is 5.75 Å². The molecule has 0 amide bonds. The normalized spacial score (nSPS) is 12.7. The standard InChI is InChI=1S/C17H18F6N4OS/c1-2-24-15(26-8-14-27-13(9-29-14)17(21,22)23)25-7-11-4-3-5-12(6-11)28-10-16(18,19)20/h3-6,9H,2,7-8,10H2,1H3,(H2,24,25,26). The van der Waals surface area contributed by atoms with Crippen LogP contribution in [0.5, 0.6) is 5.75 Å². The number of ether oxygens (including phenoxy) is 1. The second-order valence-corrected chi connectivity index (χ2v) is 6.67. The lowest BCUT2D eigenvalue weighted by molar-refractivity contribution is -0.153. The molecule has 0 spiro atoms. The maximum atomic E-state index is 12.6. The third-order valence-electron chi connectivity index (χ3n) is 3.31. The predicted octanol–water partition coefficient (Wildman–Crippen LogP) is 4.36. The molecule has 0 saturated carbocycles. The maximum Gasteiger partial charge on any atom is 0.434 e. The molecule has 0 fully saturated rings. The van der Waals surface area contributed by atoms with Crippen LogP contribution in [-0.4, -0.2) is 30.3 Å².